The van der Waals surface area contributed by atoms with Gasteiger partial charge in [0.1, 0.15) is 11.2 Å². The standard InChI is InChI=1S/C49H29N7O/c1-50-38-27-24-32(25-28-38)31-20-22-36(23-21-31)47-51-44(33-12-5-2-6-13-33)53-48(54-47)37-26-29-42-41(30-37)39-18-11-19-40(43(39)57-42)49-55-45(34-14-7-3-8-15-34)52-46(56-49)35-16-9-4-10-17-35/h2-30H. The van der Waals surface area contributed by atoms with Crippen LogP contribution in [0.5, 0.6) is 0 Å². The average molecular weight is 732 g/mol. The molecule has 266 valence electrons. The Kier molecular flexibility index (Phi) is 8.36. The molecule has 57 heavy (non-hydrogen) atoms. The van der Waals surface area contributed by atoms with Gasteiger partial charge in [-0.1, -0.05) is 152 Å². The van der Waals surface area contributed by atoms with Crippen molar-refractivity contribution in [1.29, 1.82) is 0 Å². The minimum absolute atomic E-state index is 0.522. The number of fused-ring (bicyclic) bond motifs is 3. The molecule has 0 fully saturated rings. The normalized spacial score (nSPS) is 11.1. The summed E-state index contributed by atoms with van der Waals surface area (Å²) in [6.07, 6.45) is 0. The number of aromatic nitrogens is 6. The van der Waals surface area contributed by atoms with Crippen LogP contribution in [0.2, 0.25) is 0 Å². The van der Waals surface area contributed by atoms with Crippen LogP contribution in [0.15, 0.2) is 180 Å². The van der Waals surface area contributed by atoms with Crippen molar-refractivity contribution in [3.63, 3.8) is 0 Å². The van der Waals surface area contributed by atoms with Gasteiger partial charge in [-0.05, 0) is 35.4 Å². The maximum absolute atomic E-state index is 7.27. The number of furan rings is 1. The first-order valence-electron chi connectivity index (χ1n) is 18.4. The van der Waals surface area contributed by atoms with Crippen LogP contribution in [0.25, 0.3) is 106 Å². The number of hydrogen-bond acceptors (Lipinski definition) is 7. The Bertz CT molecular complexity index is 3050. The Morgan fingerprint density at radius 1 is 0.351 bits per heavy atom. The van der Waals surface area contributed by atoms with Gasteiger partial charge in [0.05, 0.1) is 12.1 Å². The van der Waals surface area contributed by atoms with Crippen LogP contribution in [0.1, 0.15) is 0 Å². The Morgan fingerprint density at radius 2 is 0.772 bits per heavy atom. The molecule has 3 heterocycles. The first kappa shape index (κ1) is 33.4. The second-order valence-electron chi connectivity index (χ2n) is 13.4. The minimum Gasteiger partial charge on any atom is -0.455 e. The van der Waals surface area contributed by atoms with Crippen molar-refractivity contribution in [2.75, 3.05) is 0 Å². The molecule has 0 spiro atoms. The van der Waals surface area contributed by atoms with Crippen LogP contribution >= 0.6 is 0 Å². The second-order valence-corrected chi connectivity index (χ2v) is 13.4. The van der Waals surface area contributed by atoms with E-state index in [0.717, 1.165) is 60.9 Å². The van der Waals surface area contributed by atoms with E-state index in [0.29, 0.717) is 46.2 Å². The van der Waals surface area contributed by atoms with E-state index >= 15 is 0 Å². The van der Waals surface area contributed by atoms with E-state index in [2.05, 4.69) is 17.0 Å². The van der Waals surface area contributed by atoms with E-state index in [4.69, 9.17) is 40.9 Å². The smallest absolute Gasteiger partial charge is 0.187 e. The summed E-state index contributed by atoms with van der Waals surface area (Å²) in [4.78, 5) is 33.3. The fraction of sp³-hybridized carbons (Fsp3) is 0. The SMILES string of the molecule is [C-]#[N+]c1ccc(-c2ccc(-c3nc(-c4ccccc4)nc(-c4ccc5oc6c(-c7nc(-c8ccccc8)nc(-c8ccccc8)n7)cccc6c5c4)n3)cc2)cc1. The molecule has 10 aromatic rings. The lowest BCUT2D eigenvalue weighted by molar-refractivity contribution is 0.669. The molecule has 0 saturated heterocycles. The van der Waals surface area contributed by atoms with Crippen LogP contribution in [0, 0.1) is 6.57 Å². The predicted octanol–water partition coefficient (Wildman–Crippen LogP) is 12.2. The molecule has 7 aromatic carbocycles. The zero-order valence-electron chi connectivity index (χ0n) is 30.3. The Morgan fingerprint density at radius 3 is 1.28 bits per heavy atom. The largest absolute Gasteiger partial charge is 0.455 e. The molecule has 10 rings (SSSR count). The zero-order chi connectivity index (χ0) is 38.1. The summed E-state index contributed by atoms with van der Waals surface area (Å²) in [5.41, 5.74) is 9.22. The number of benzene rings is 7. The van der Waals surface area contributed by atoms with Crippen LogP contribution in [-0.2, 0) is 0 Å². The third-order valence-corrected chi connectivity index (χ3v) is 9.84. The van der Waals surface area contributed by atoms with Crippen molar-refractivity contribution in [3.05, 3.63) is 187 Å². The summed E-state index contributed by atoms with van der Waals surface area (Å²) in [6, 6.07) is 57.6. The van der Waals surface area contributed by atoms with Gasteiger partial charge in [0.25, 0.3) is 0 Å². The van der Waals surface area contributed by atoms with Crippen molar-refractivity contribution in [1.82, 2.24) is 29.9 Å². The molecule has 0 unspecified atom stereocenters. The van der Waals surface area contributed by atoms with Gasteiger partial charge in [0.15, 0.2) is 40.6 Å². The molecule has 0 N–H and O–H groups in total. The molecule has 0 saturated carbocycles. The monoisotopic (exact) mass is 731 g/mol. The summed E-state index contributed by atoms with van der Waals surface area (Å²) in [6.45, 7) is 7.27. The topological polar surface area (TPSA) is 94.8 Å². The van der Waals surface area contributed by atoms with Gasteiger partial charge < -0.3 is 4.42 Å². The van der Waals surface area contributed by atoms with Gasteiger partial charge in [-0.15, -0.1) is 0 Å². The highest BCUT2D eigenvalue weighted by Crippen LogP contribution is 2.38. The molecule has 8 heteroatoms. The van der Waals surface area contributed by atoms with Gasteiger partial charge in [-0.3, -0.25) is 0 Å². The summed E-state index contributed by atoms with van der Waals surface area (Å²) < 4.78 is 6.60. The molecule has 0 atom stereocenters. The molecule has 0 amide bonds. The van der Waals surface area contributed by atoms with E-state index in [1.165, 1.54) is 0 Å². The minimum atomic E-state index is 0.522. The molecule has 0 bridgehead atoms. The number of rotatable bonds is 7. The first-order chi connectivity index (χ1) is 28.2. The van der Waals surface area contributed by atoms with Gasteiger partial charge in [-0.2, -0.15) is 0 Å². The van der Waals surface area contributed by atoms with Crippen LogP contribution in [0.3, 0.4) is 0 Å². The number of para-hydroxylation sites is 1. The Labute approximate surface area is 327 Å². The third kappa shape index (κ3) is 6.45. The zero-order valence-corrected chi connectivity index (χ0v) is 30.3. The Hall–Kier alpha value is -8.15. The van der Waals surface area contributed by atoms with E-state index in [-0.39, 0.29) is 0 Å². The number of nitrogens with zero attached hydrogens (tertiary/aromatic N) is 7. The molecule has 8 nitrogen and oxygen atoms in total. The lowest BCUT2D eigenvalue weighted by Gasteiger charge is -2.09. The van der Waals surface area contributed by atoms with Crippen molar-refractivity contribution in [3.8, 4) is 79.5 Å². The van der Waals surface area contributed by atoms with Gasteiger partial charge in [-0.25, -0.2) is 34.7 Å². The van der Waals surface area contributed by atoms with Crippen LogP contribution < -0.4 is 0 Å². The summed E-state index contributed by atoms with van der Waals surface area (Å²) in [5, 5.41) is 1.84. The van der Waals surface area contributed by atoms with Crippen molar-refractivity contribution >= 4 is 27.6 Å². The van der Waals surface area contributed by atoms with Crippen LogP contribution in [-0.4, -0.2) is 29.9 Å². The van der Waals surface area contributed by atoms with E-state index in [1.807, 2.05) is 164 Å². The molecule has 3 aromatic heterocycles. The highest BCUT2D eigenvalue weighted by Gasteiger charge is 2.19. The molecular weight excluding hydrogens is 703 g/mol. The number of hydrogen-bond donors (Lipinski definition) is 0. The van der Waals surface area contributed by atoms with Crippen molar-refractivity contribution in [2.45, 2.75) is 0 Å². The van der Waals surface area contributed by atoms with Crippen molar-refractivity contribution < 1.29 is 4.42 Å². The fourth-order valence-electron chi connectivity index (χ4n) is 6.93. The highest BCUT2D eigenvalue weighted by molar-refractivity contribution is 6.10. The van der Waals surface area contributed by atoms with Gasteiger partial charge in [0, 0.05) is 38.6 Å². The second kappa shape index (κ2) is 14.3. The van der Waals surface area contributed by atoms with E-state index in [9.17, 15) is 0 Å². The van der Waals surface area contributed by atoms with Crippen LogP contribution in [0.4, 0.5) is 5.69 Å². The fourth-order valence-corrected chi connectivity index (χ4v) is 6.93. The maximum atomic E-state index is 7.27. The predicted molar refractivity (Wildman–Crippen MR) is 225 cm³/mol. The highest BCUT2D eigenvalue weighted by atomic mass is 16.3. The van der Waals surface area contributed by atoms with Gasteiger partial charge >= 0.3 is 0 Å². The summed E-state index contributed by atoms with van der Waals surface area (Å²) >= 11 is 0. The third-order valence-electron chi connectivity index (χ3n) is 9.84. The van der Waals surface area contributed by atoms with E-state index < -0.39 is 0 Å². The van der Waals surface area contributed by atoms with Gasteiger partial charge in [0.2, 0.25) is 0 Å². The molecule has 0 aliphatic rings. The van der Waals surface area contributed by atoms with Crippen molar-refractivity contribution in [2.24, 2.45) is 0 Å². The molecular formula is C49H29N7O. The average Bonchev–Trinajstić information content (AvgIpc) is 3.68. The summed E-state index contributed by atoms with van der Waals surface area (Å²) in [7, 11) is 0. The van der Waals surface area contributed by atoms with E-state index in [1.54, 1.807) is 0 Å². The quantitative estimate of drug-likeness (QED) is 0.151. The lowest BCUT2D eigenvalue weighted by atomic mass is 10.0. The molecule has 0 aliphatic carbocycles. The lowest BCUT2D eigenvalue weighted by Crippen LogP contribution is -2.00. The Balaban J connectivity index is 1.08. The first-order valence-corrected chi connectivity index (χ1v) is 18.4. The maximum Gasteiger partial charge on any atom is 0.187 e. The molecule has 0 radical (unpaired) electrons. The molecule has 0 aliphatic heterocycles. The summed E-state index contributed by atoms with van der Waals surface area (Å²) in [5.74, 6) is 3.37.